The molecule has 24 heavy (non-hydrogen) atoms. The summed E-state index contributed by atoms with van der Waals surface area (Å²) in [6, 6.07) is 13.0. The van der Waals surface area contributed by atoms with E-state index in [2.05, 4.69) is 10.3 Å². The molecule has 0 unspecified atom stereocenters. The van der Waals surface area contributed by atoms with Gasteiger partial charge in [-0.1, -0.05) is 35.9 Å². The van der Waals surface area contributed by atoms with E-state index in [0.29, 0.717) is 0 Å². The van der Waals surface area contributed by atoms with Crippen molar-refractivity contribution in [3.63, 3.8) is 0 Å². The van der Waals surface area contributed by atoms with Gasteiger partial charge in [0, 0.05) is 12.7 Å². The van der Waals surface area contributed by atoms with Crippen LogP contribution < -0.4 is 5.32 Å². The van der Waals surface area contributed by atoms with Crippen molar-refractivity contribution in [1.82, 2.24) is 14.6 Å². The van der Waals surface area contributed by atoms with Crippen molar-refractivity contribution < 1.29 is 13.2 Å². The van der Waals surface area contributed by atoms with E-state index in [9.17, 15) is 13.2 Å². The molecule has 0 spiro atoms. The predicted molar refractivity (Wildman–Crippen MR) is 92.5 cm³/mol. The van der Waals surface area contributed by atoms with Gasteiger partial charge in [-0.05, 0) is 24.6 Å². The van der Waals surface area contributed by atoms with Crippen LogP contribution in [0.25, 0.3) is 0 Å². The van der Waals surface area contributed by atoms with Crippen LogP contribution in [-0.4, -0.2) is 36.4 Å². The number of hydrogen-bond donors (Lipinski definition) is 1. The van der Waals surface area contributed by atoms with Gasteiger partial charge in [-0.2, -0.15) is 4.31 Å². The summed E-state index contributed by atoms with van der Waals surface area (Å²) in [7, 11) is -3.49. The lowest BCUT2D eigenvalue weighted by Gasteiger charge is -2.19. The third-order valence-electron chi connectivity index (χ3n) is 3.46. The standard InChI is InChI=1S/C17H21N3O3S/c1-14-6-8-15(9-7-14)12-20(24(2,22)23)13-17(21)19-11-16-5-3-4-10-18-16/h3-10H,11-13H2,1-2H3,(H,19,21). The molecule has 0 aliphatic heterocycles. The van der Waals surface area contributed by atoms with Gasteiger partial charge in [0.1, 0.15) is 0 Å². The lowest BCUT2D eigenvalue weighted by molar-refractivity contribution is -0.121. The summed E-state index contributed by atoms with van der Waals surface area (Å²) in [5.41, 5.74) is 2.65. The van der Waals surface area contributed by atoms with Gasteiger partial charge in [0.05, 0.1) is 25.0 Å². The molecule has 0 saturated carbocycles. The summed E-state index contributed by atoms with van der Waals surface area (Å²) in [6.45, 7) is 2.17. The number of pyridine rings is 1. The Bertz CT molecular complexity index is 774. The zero-order chi connectivity index (χ0) is 17.6. The van der Waals surface area contributed by atoms with Crippen LogP contribution in [0, 0.1) is 6.92 Å². The van der Waals surface area contributed by atoms with Crippen LogP contribution in [0.3, 0.4) is 0 Å². The molecule has 0 fully saturated rings. The molecule has 7 heteroatoms. The molecular weight excluding hydrogens is 326 g/mol. The Morgan fingerprint density at radius 1 is 1.17 bits per heavy atom. The highest BCUT2D eigenvalue weighted by Gasteiger charge is 2.20. The summed E-state index contributed by atoms with van der Waals surface area (Å²) >= 11 is 0. The molecule has 1 heterocycles. The minimum absolute atomic E-state index is 0.163. The van der Waals surface area contributed by atoms with E-state index in [0.717, 1.165) is 27.4 Å². The van der Waals surface area contributed by atoms with Crippen LogP contribution >= 0.6 is 0 Å². The largest absolute Gasteiger partial charge is 0.349 e. The topological polar surface area (TPSA) is 79.4 Å². The number of amides is 1. The minimum Gasteiger partial charge on any atom is -0.349 e. The predicted octanol–water partition coefficient (Wildman–Crippen LogP) is 1.47. The summed E-state index contributed by atoms with van der Waals surface area (Å²) in [4.78, 5) is 16.2. The van der Waals surface area contributed by atoms with Gasteiger partial charge in [0.15, 0.2) is 0 Å². The van der Waals surface area contributed by atoms with Crippen LogP contribution in [0.5, 0.6) is 0 Å². The van der Waals surface area contributed by atoms with Crippen LogP contribution in [0.2, 0.25) is 0 Å². The first-order valence-corrected chi connectivity index (χ1v) is 9.37. The second-order valence-corrected chi connectivity index (χ2v) is 7.60. The van der Waals surface area contributed by atoms with E-state index in [1.165, 1.54) is 0 Å². The molecular formula is C17H21N3O3S. The van der Waals surface area contributed by atoms with Crippen molar-refractivity contribution in [2.45, 2.75) is 20.0 Å². The quantitative estimate of drug-likeness (QED) is 0.822. The number of aromatic nitrogens is 1. The summed E-state index contributed by atoms with van der Waals surface area (Å²) < 4.78 is 25.1. The average molecular weight is 347 g/mol. The van der Waals surface area contributed by atoms with Crippen LogP contribution in [0.1, 0.15) is 16.8 Å². The van der Waals surface area contributed by atoms with Gasteiger partial charge >= 0.3 is 0 Å². The van der Waals surface area contributed by atoms with Gasteiger partial charge in [-0.25, -0.2) is 8.42 Å². The molecule has 6 nitrogen and oxygen atoms in total. The second kappa shape index (κ2) is 8.03. The van der Waals surface area contributed by atoms with Gasteiger partial charge in [-0.3, -0.25) is 9.78 Å². The summed E-state index contributed by atoms with van der Waals surface area (Å²) in [5, 5.41) is 2.69. The molecule has 1 amide bonds. The zero-order valence-corrected chi connectivity index (χ0v) is 14.6. The average Bonchev–Trinajstić information content (AvgIpc) is 2.54. The highest BCUT2D eigenvalue weighted by molar-refractivity contribution is 7.88. The highest BCUT2D eigenvalue weighted by Crippen LogP contribution is 2.09. The molecule has 0 radical (unpaired) electrons. The molecule has 2 aromatic rings. The molecule has 0 aliphatic carbocycles. The Hall–Kier alpha value is -2.25. The van der Waals surface area contributed by atoms with E-state index in [-0.39, 0.29) is 25.5 Å². The molecule has 128 valence electrons. The number of aryl methyl sites for hydroxylation is 1. The number of sulfonamides is 1. The molecule has 1 aromatic heterocycles. The van der Waals surface area contributed by atoms with Crippen LogP contribution in [-0.2, 0) is 27.9 Å². The van der Waals surface area contributed by atoms with Crippen molar-refractivity contribution in [3.8, 4) is 0 Å². The fourth-order valence-corrected chi connectivity index (χ4v) is 2.83. The molecule has 0 aliphatic rings. The van der Waals surface area contributed by atoms with Crippen LogP contribution in [0.4, 0.5) is 0 Å². The smallest absolute Gasteiger partial charge is 0.235 e. The van der Waals surface area contributed by atoms with E-state index < -0.39 is 10.0 Å². The maximum atomic E-state index is 12.1. The molecule has 2 rings (SSSR count). The fourth-order valence-electron chi connectivity index (χ4n) is 2.10. The van der Waals surface area contributed by atoms with E-state index in [1.54, 1.807) is 18.3 Å². The lowest BCUT2D eigenvalue weighted by atomic mass is 10.1. The third-order valence-corrected chi connectivity index (χ3v) is 4.66. The van der Waals surface area contributed by atoms with Crippen molar-refractivity contribution in [3.05, 3.63) is 65.5 Å². The van der Waals surface area contributed by atoms with Gasteiger partial charge in [0.25, 0.3) is 0 Å². The number of hydrogen-bond acceptors (Lipinski definition) is 4. The molecule has 0 atom stereocenters. The highest BCUT2D eigenvalue weighted by atomic mass is 32.2. The molecule has 0 saturated heterocycles. The number of carbonyl (C=O) groups excluding carboxylic acids is 1. The maximum Gasteiger partial charge on any atom is 0.235 e. The minimum atomic E-state index is -3.49. The summed E-state index contributed by atoms with van der Waals surface area (Å²) in [6.07, 6.45) is 2.74. The monoisotopic (exact) mass is 347 g/mol. The first-order valence-electron chi connectivity index (χ1n) is 7.52. The van der Waals surface area contributed by atoms with E-state index in [1.807, 2.05) is 37.3 Å². The van der Waals surface area contributed by atoms with Crippen molar-refractivity contribution in [2.24, 2.45) is 0 Å². The number of nitrogens with one attached hydrogen (secondary N) is 1. The SMILES string of the molecule is Cc1ccc(CN(CC(=O)NCc2ccccn2)S(C)(=O)=O)cc1. The van der Waals surface area contributed by atoms with Crippen molar-refractivity contribution in [1.29, 1.82) is 0 Å². The normalized spacial score (nSPS) is 11.5. The Morgan fingerprint density at radius 2 is 1.88 bits per heavy atom. The number of carbonyl (C=O) groups is 1. The first kappa shape index (κ1) is 18.1. The lowest BCUT2D eigenvalue weighted by Crippen LogP contribution is -2.39. The first-order chi connectivity index (χ1) is 11.3. The Labute approximate surface area is 142 Å². The van der Waals surface area contributed by atoms with Crippen molar-refractivity contribution >= 4 is 15.9 Å². The van der Waals surface area contributed by atoms with Crippen molar-refractivity contribution in [2.75, 3.05) is 12.8 Å². The van der Waals surface area contributed by atoms with E-state index >= 15 is 0 Å². The van der Waals surface area contributed by atoms with E-state index in [4.69, 9.17) is 0 Å². The summed E-state index contributed by atoms with van der Waals surface area (Å²) in [5.74, 6) is -0.363. The molecule has 1 aromatic carbocycles. The number of benzene rings is 1. The Kier molecular flexibility index (Phi) is 6.05. The van der Waals surface area contributed by atoms with Crippen LogP contribution in [0.15, 0.2) is 48.7 Å². The second-order valence-electron chi connectivity index (χ2n) is 5.61. The molecule has 1 N–H and O–H groups in total. The zero-order valence-electron chi connectivity index (χ0n) is 13.8. The Balaban J connectivity index is 1.98. The van der Waals surface area contributed by atoms with Gasteiger partial charge in [-0.15, -0.1) is 0 Å². The fraction of sp³-hybridized carbons (Fsp3) is 0.294. The van der Waals surface area contributed by atoms with Gasteiger partial charge in [0.2, 0.25) is 15.9 Å². The van der Waals surface area contributed by atoms with Gasteiger partial charge < -0.3 is 5.32 Å². The third kappa shape index (κ3) is 5.75. The number of rotatable bonds is 7. The number of nitrogens with zero attached hydrogens (tertiary/aromatic N) is 2. The molecule has 0 bridgehead atoms. The maximum absolute atomic E-state index is 12.1. The Morgan fingerprint density at radius 3 is 2.46 bits per heavy atom.